The van der Waals surface area contributed by atoms with Gasteiger partial charge in [0.1, 0.15) is 45.8 Å². The van der Waals surface area contributed by atoms with Crippen LogP contribution in [0.3, 0.4) is 0 Å². The number of nitrogens with zero attached hydrogens (tertiary/aromatic N) is 4. The van der Waals surface area contributed by atoms with Crippen molar-refractivity contribution in [3.63, 3.8) is 0 Å². The van der Waals surface area contributed by atoms with Crippen molar-refractivity contribution >= 4 is 40.3 Å². The summed E-state index contributed by atoms with van der Waals surface area (Å²) in [6, 6.07) is 0. The Morgan fingerprint density at radius 3 is 2.69 bits per heavy atom. The fraction of sp³-hybridized carbons (Fsp3) is 0.417. The molecular weight excluding hydrogens is 363 g/mol. The number of aliphatic hydroxyl groups is 1. The topological polar surface area (TPSA) is 166 Å². The van der Waals surface area contributed by atoms with Crippen molar-refractivity contribution in [2.24, 2.45) is 0 Å². The van der Waals surface area contributed by atoms with Crippen molar-refractivity contribution in [3.05, 3.63) is 23.3 Å². The summed E-state index contributed by atoms with van der Waals surface area (Å²) in [7, 11) is -0.236. The number of fused-ring (bicyclic) bond motifs is 1. The molecular formula is C12H18B2N5O6P. The van der Waals surface area contributed by atoms with Crippen LogP contribution in [0.15, 0.2) is 23.3 Å². The Labute approximate surface area is 150 Å². The highest BCUT2D eigenvalue weighted by Gasteiger charge is 2.47. The molecule has 0 bridgehead atoms. The second-order valence-corrected chi connectivity index (χ2v) is 7.79. The summed E-state index contributed by atoms with van der Waals surface area (Å²) in [5.41, 5.74) is 6.80. The molecule has 2 aromatic heterocycles. The summed E-state index contributed by atoms with van der Waals surface area (Å²) in [5, 5.41) is 10.4. The van der Waals surface area contributed by atoms with Gasteiger partial charge in [-0.2, -0.15) is 0 Å². The molecule has 0 spiro atoms. The van der Waals surface area contributed by atoms with Crippen molar-refractivity contribution < 1.29 is 28.9 Å². The van der Waals surface area contributed by atoms with Crippen LogP contribution in [0.1, 0.15) is 6.23 Å². The summed E-state index contributed by atoms with van der Waals surface area (Å²) in [5.74, 6) is 0.200. The number of rotatable bonds is 4. The highest BCUT2D eigenvalue weighted by Crippen LogP contribution is 2.46. The molecule has 0 aliphatic carbocycles. The Balaban J connectivity index is 2.04. The largest absolute Gasteiger partial charge is 0.387 e. The molecule has 11 nitrogen and oxygen atoms in total. The van der Waals surface area contributed by atoms with E-state index < -0.39 is 32.1 Å². The van der Waals surface area contributed by atoms with Gasteiger partial charge in [-0.3, -0.25) is 9.13 Å². The monoisotopic (exact) mass is 381 g/mol. The summed E-state index contributed by atoms with van der Waals surface area (Å²) in [6.45, 7) is 0. The fourth-order valence-electron chi connectivity index (χ4n) is 2.98. The minimum absolute atomic E-state index is 0.154. The van der Waals surface area contributed by atoms with Crippen molar-refractivity contribution in [2.45, 2.75) is 24.5 Å². The molecule has 1 aliphatic rings. The van der Waals surface area contributed by atoms with Crippen LogP contribution >= 0.6 is 7.60 Å². The molecule has 138 valence electrons. The van der Waals surface area contributed by atoms with Gasteiger partial charge in [0.25, 0.3) is 0 Å². The molecule has 0 saturated carbocycles. The van der Waals surface area contributed by atoms with Crippen LogP contribution in [0.25, 0.3) is 11.2 Å². The van der Waals surface area contributed by atoms with Crippen LogP contribution in [-0.4, -0.2) is 75.5 Å². The number of anilines is 1. The molecule has 5 N–H and O–H groups in total. The summed E-state index contributed by atoms with van der Waals surface area (Å²) in [4.78, 5) is 30.9. The average Bonchev–Trinajstić information content (AvgIpc) is 3.14. The minimum atomic E-state index is -4.45. The Morgan fingerprint density at radius 2 is 2.08 bits per heavy atom. The molecule has 3 heterocycles. The third-order valence-electron chi connectivity index (χ3n) is 4.58. The zero-order valence-electron chi connectivity index (χ0n) is 14.3. The minimum Gasteiger partial charge on any atom is -0.387 e. The molecule has 0 aromatic carbocycles. The first kappa shape index (κ1) is 19.0. The normalized spacial score (nSPS) is 27.7. The standard InChI is InChI=1S/C12H18B2N5O6P/c1-24-8-6(20)7(4(13)9(14)26(21,22)23)25-12(8)19-3-18-5-10(15)16-2-17-11(5)19/h2-3,6-8,12,20H,13-14H2,1H3,(H2,15,16,17)(H2,21,22,23)/b9-4-/t6-,7-,8-,12-/m1/s1. The Morgan fingerprint density at radius 1 is 1.38 bits per heavy atom. The van der Waals surface area contributed by atoms with E-state index in [4.69, 9.17) is 15.2 Å². The van der Waals surface area contributed by atoms with E-state index in [2.05, 4.69) is 15.0 Å². The van der Waals surface area contributed by atoms with E-state index in [1.165, 1.54) is 35.5 Å². The van der Waals surface area contributed by atoms with Gasteiger partial charge in [0.15, 0.2) is 17.7 Å². The van der Waals surface area contributed by atoms with E-state index in [1.807, 2.05) is 0 Å². The Bertz CT molecular complexity index is 917. The van der Waals surface area contributed by atoms with Crippen LogP contribution in [0.5, 0.6) is 0 Å². The third-order valence-corrected chi connectivity index (χ3v) is 5.81. The maximum atomic E-state index is 11.5. The van der Waals surface area contributed by atoms with Gasteiger partial charge in [-0.15, -0.1) is 0 Å². The first-order chi connectivity index (χ1) is 12.2. The highest BCUT2D eigenvalue weighted by molar-refractivity contribution is 7.59. The van der Waals surface area contributed by atoms with E-state index in [9.17, 15) is 19.5 Å². The third kappa shape index (κ3) is 3.07. The molecule has 1 aliphatic heterocycles. The van der Waals surface area contributed by atoms with Crippen LogP contribution < -0.4 is 5.73 Å². The zero-order chi connectivity index (χ0) is 19.2. The maximum absolute atomic E-state index is 11.5. The molecule has 1 fully saturated rings. The molecule has 1 saturated heterocycles. The van der Waals surface area contributed by atoms with Crippen molar-refractivity contribution in [2.75, 3.05) is 12.8 Å². The smallest absolute Gasteiger partial charge is 0.341 e. The lowest BCUT2D eigenvalue weighted by Gasteiger charge is -2.20. The number of aromatic nitrogens is 4. The van der Waals surface area contributed by atoms with Crippen LogP contribution in [0.4, 0.5) is 5.82 Å². The van der Waals surface area contributed by atoms with Gasteiger partial charge in [-0.05, 0) is 5.21 Å². The van der Waals surface area contributed by atoms with Crippen LogP contribution in [0, 0.1) is 0 Å². The SMILES string of the molecule is B/C(=C(/B)P(=O)(O)O)[C@H]1O[C@@H](n2cnc3c(N)ncnc32)[C@H](OC)[C@@H]1O. The molecule has 3 rings (SSSR count). The van der Waals surface area contributed by atoms with Crippen molar-refractivity contribution in [1.29, 1.82) is 0 Å². The molecule has 14 heteroatoms. The Hall–Kier alpha value is -1.75. The van der Waals surface area contributed by atoms with Gasteiger partial charge in [0.2, 0.25) is 0 Å². The van der Waals surface area contributed by atoms with E-state index in [-0.39, 0.29) is 16.5 Å². The number of ether oxygens (including phenoxy) is 2. The molecule has 0 unspecified atom stereocenters. The van der Waals surface area contributed by atoms with E-state index >= 15 is 0 Å². The Kier molecular flexibility index (Phi) is 4.95. The molecule has 2 aromatic rings. The summed E-state index contributed by atoms with van der Waals surface area (Å²) >= 11 is 0. The average molecular weight is 381 g/mol. The second-order valence-electron chi connectivity index (χ2n) is 6.03. The number of aliphatic hydroxyl groups excluding tert-OH is 1. The van der Waals surface area contributed by atoms with Crippen molar-refractivity contribution in [1.82, 2.24) is 19.5 Å². The van der Waals surface area contributed by atoms with Gasteiger partial charge in [0.05, 0.1) is 6.33 Å². The fourth-order valence-corrected chi connectivity index (χ4v) is 3.57. The first-order valence-corrected chi connectivity index (χ1v) is 9.30. The van der Waals surface area contributed by atoms with Gasteiger partial charge < -0.3 is 30.1 Å². The quantitative estimate of drug-likeness (QED) is 0.323. The van der Waals surface area contributed by atoms with Gasteiger partial charge in [-0.1, -0.05) is 5.47 Å². The first-order valence-electron chi connectivity index (χ1n) is 7.69. The molecule has 26 heavy (non-hydrogen) atoms. The zero-order valence-corrected chi connectivity index (χ0v) is 15.2. The van der Waals surface area contributed by atoms with Crippen molar-refractivity contribution in [3.8, 4) is 0 Å². The lowest BCUT2D eigenvalue weighted by Crippen LogP contribution is -2.34. The lowest BCUT2D eigenvalue weighted by molar-refractivity contribution is -0.0452. The number of nitrogen functional groups attached to an aromatic ring is 1. The molecule has 0 radical (unpaired) electrons. The maximum Gasteiger partial charge on any atom is 0.341 e. The van der Waals surface area contributed by atoms with Crippen LogP contribution in [0.2, 0.25) is 0 Å². The van der Waals surface area contributed by atoms with Gasteiger partial charge >= 0.3 is 7.60 Å². The van der Waals surface area contributed by atoms with Gasteiger partial charge in [0, 0.05) is 7.11 Å². The lowest BCUT2D eigenvalue weighted by atomic mass is 9.82. The number of hydrogen-bond donors (Lipinski definition) is 4. The number of imidazole rings is 1. The van der Waals surface area contributed by atoms with E-state index in [1.54, 1.807) is 4.57 Å². The summed E-state index contributed by atoms with van der Waals surface area (Å²) < 4.78 is 24.3. The van der Waals surface area contributed by atoms with Crippen LogP contribution in [-0.2, 0) is 14.0 Å². The van der Waals surface area contributed by atoms with E-state index in [0.717, 1.165) is 0 Å². The predicted octanol–water partition coefficient (Wildman–Crippen LogP) is -2.71. The van der Waals surface area contributed by atoms with E-state index in [0.29, 0.717) is 11.2 Å². The molecule has 4 atom stereocenters. The second kappa shape index (κ2) is 6.76. The number of nitrogens with two attached hydrogens (primary N) is 1. The number of methoxy groups -OCH3 is 1. The highest BCUT2D eigenvalue weighted by atomic mass is 31.2. The van der Waals surface area contributed by atoms with Gasteiger partial charge in [-0.25, -0.2) is 15.0 Å². The molecule has 0 amide bonds. The summed E-state index contributed by atoms with van der Waals surface area (Å²) in [6.07, 6.45) is -1.02. The number of hydrogen-bond acceptors (Lipinski definition) is 8. The predicted molar refractivity (Wildman–Crippen MR) is 96.6 cm³/mol.